The first kappa shape index (κ1) is 60.7. The molecule has 8 aromatic carbocycles. The van der Waals surface area contributed by atoms with Gasteiger partial charge >= 0.3 is 0 Å². The van der Waals surface area contributed by atoms with Gasteiger partial charge in [0.15, 0.2) is 0 Å². The van der Waals surface area contributed by atoms with Crippen LogP contribution in [0.1, 0.15) is 108 Å². The average Bonchev–Trinajstić information content (AvgIpc) is 2.73. The Labute approximate surface area is 511 Å². The molecule has 4 heterocycles. The van der Waals surface area contributed by atoms with Gasteiger partial charge in [0.25, 0.3) is 6.29 Å². The fourth-order valence-electron chi connectivity index (χ4n) is 9.88. The molecule has 4 aliphatic heterocycles. The van der Waals surface area contributed by atoms with Gasteiger partial charge in [-0.05, 0) is 132 Å². The number of hydrogen-bond donors (Lipinski definition) is 0. The fraction of sp³-hybridized carbons (Fsp3) is 0.324. The predicted octanol–water partition coefficient (Wildman–Crippen LogP) is 16.0. The van der Waals surface area contributed by atoms with Crippen LogP contribution in [0.15, 0.2) is 170 Å². The van der Waals surface area contributed by atoms with E-state index >= 15 is 0 Å². The van der Waals surface area contributed by atoms with Crippen molar-refractivity contribution < 1.29 is 80.4 Å². The summed E-state index contributed by atoms with van der Waals surface area (Å²) in [5.74, 6) is 8.38. The van der Waals surface area contributed by atoms with Crippen LogP contribution in [0.5, 0.6) is 63.2 Å². The molecule has 0 aliphatic carbocycles. The third-order valence-electron chi connectivity index (χ3n) is 15.4. The first-order valence-electron chi connectivity index (χ1n) is 29.0. The SMILES string of the molecule is COc1ccc(C(C)C)cc1C(C)c1cc(C(C)c2ccc(Oc3cccc(OCC4CO4)c3)c(C)c2)c(Oc2ccc(OCC3CO3)cc2)c(C(C)c2ccc(Oc3cccc(OCC4OO4)c3)c(C)c2)c1.[V].c1ccc(OCC2CO2)cc1. The molecule has 0 spiro atoms. The molecule has 0 amide bonds. The maximum absolute atomic E-state index is 7.22. The molecule has 12 rings (SSSR count). The van der Waals surface area contributed by atoms with Crippen LogP contribution in [0.2, 0.25) is 0 Å². The number of benzene rings is 8. The molecule has 8 aromatic rings. The quantitative estimate of drug-likeness (QED) is 0.0376. The summed E-state index contributed by atoms with van der Waals surface area (Å²) in [7, 11) is 1.75. The summed E-state index contributed by atoms with van der Waals surface area (Å²) >= 11 is 0. The Bertz CT molecular complexity index is 3350. The normalized spacial score (nSPS) is 17.4. The minimum atomic E-state index is -0.332. The van der Waals surface area contributed by atoms with Gasteiger partial charge < -0.3 is 52.1 Å². The van der Waals surface area contributed by atoms with Gasteiger partial charge in [-0.1, -0.05) is 113 Å². The van der Waals surface area contributed by atoms with Crippen molar-refractivity contribution in [2.24, 2.45) is 0 Å². The van der Waals surface area contributed by atoms with Crippen LogP contribution in [0, 0.1) is 13.8 Å². The molecule has 4 fully saturated rings. The molecule has 13 nitrogen and oxygen atoms in total. The van der Waals surface area contributed by atoms with Crippen molar-refractivity contribution in [1.82, 2.24) is 0 Å². The third kappa shape index (κ3) is 16.7. The molecule has 14 heteroatoms. The zero-order chi connectivity index (χ0) is 58.1. The van der Waals surface area contributed by atoms with E-state index in [1.165, 1.54) is 5.56 Å². The molecule has 6 atom stereocenters. The second-order valence-electron chi connectivity index (χ2n) is 22.2. The zero-order valence-electron chi connectivity index (χ0n) is 49.5. The summed E-state index contributed by atoms with van der Waals surface area (Å²) in [5, 5.41) is 0. The third-order valence-corrected chi connectivity index (χ3v) is 15.4. The van der Waals surface area contributed by atoms with Crippen LogP contribution < -0.4 is 37.9 Å². The van der Waals surface area contributed by atoms with Gasteiger partial charge in [0.05, 0.1) is 26.9 Å². The standard InChI is InChI=1S/C62H64O11.C9H10O2.V/c1-37(2)43-15-24-60(63-8)55(27-43)42(7)46-28-56(40(5)44-16-22-58(38(3)25-44)69-51-13-9-11-49(30-51)65-33-54-35-67-54)62(71-48-20-18-47(19-21-48)64-32-53-34-66-53)57(29-46)41(6)45-17-23-59(39(4)26-45)70-52-14-10-12-50(31-52)68-36-61-72-73-61;1-2-4-8(5-3-1)10-6-9-7-11-9;/h9-31,37,40-42,53-54,61H,32-36H2,1-8H3;1-5,9H,6-7H2;. The second-order valence-corrected chi connectivity index (χ2v) is 22.2. The summed E-state index contributed by atoms with van der Waals surface area (Å²) < 4.78 is 65.2. The van der Waals surface area contributed by atoms with Gasteiger partial charge in [-0.3, -0.25) is 0 Å². The van der Waals surface area contributed by atoms with E-state index < -0.39 is 0 Å². The molecule has 85 heavy (non-hydrogen) atoms. The Balaban J connectivity index is 0.000000598. The van der Waals surface area contributed by atoms with Crippen LogP contribution >= 0.6 is 0 Å². The minimum absolute atomic E-state index is 0. The first-order valence-corrected chi connectivity index (χ1v) is 29.0. The van der Waals surface area contributed by atoms with Crippen molar-refractivity contribution in [2.75, 3.05) is 53.4 Å². The van der Waals surface area contributed by atoms with Crippen LogP contribution in [0.3, 0.4) is 0 Å². The van der Waals surface area contributed by atoms with Crippen molar-refractivity contribution >= 4 is 0 Å². The molecule has 0 aromatic heterocycles. The molecule has 4 aliphatic rings. The smallest absolute Gasteiger partial charge is 0.258 e. The first-order chi connectivity index (χ1) is 40.9. The largest absolute Gasteiger partial charge is 0.496 e. The van der Waals surface area contributed by atoms with E-state index in [1.54, 1.807) is 7.11 Å². The molecular weight excluding hydrogens is 1110 g/mol. The van der Waals surface area contributed by atoms with E-state index in [9.17, 15) is 0 Å². The van der Waals surface area contributed by atoms with E-state index in [0.717, 1.165) is 105 Å². The molecule has 0 saturated carbocycles. The number of epoxide rings is 3. The Morgan fingerprint density at radius 3 is 1.27 bits per heavy atom. The minimum Gasteiger partial charge on any atom is -0.496 e. The average molecular weight is 1190 g/mol. The number of para-hydroxylation sites is 1. The number of hydrogen-bond acceptors (Lipinski definition) is 13. The van der Waals surface area contributed by atoms with E-state index in [2.05, 4.69) is 109 Å². The van der Waals surface area contributed by atoms with Gasteiger partial charge in [0.1, 0.15) is 108 Å². The van der Waals surface area contributed by atoms with Crippen molar-refractivity contribution in [1.29, 1.82) is 0 Å². The van der Waals surface area contributed by atoms with Gasteiger partial charge in [0, 0.05) is 65.1 Å². The monoisotopic (exact) mass is 1190 g/mol. The Kier molecular flexibility index (Phi) is 20.1. The van der Waals surface area contributed by atoms with Crippen LogP contribution in [0.4, 0.5) is 0 Å². The number of methoxy groups -OCH3 is 1. The zero-order valence-corrected chi connectivity index (χ0v) is 50.9. The van der Waals surface area contributed by atoms with Gasteiger partial charge in [-0.25, -0.2) is 0 Å². The van der Waals surface area contributed by atoms with Gasteiger partial charge in [-0.15, -0.1) is 0 Å². The van der Waals surface area contributed by atoms with Crippen LogP contribution in [-0.4, -0.2) is 78.0 Å². The van der Waals surface area contributed by atoms with Crippen molar-refractivity contribution in [3.05, 3.63) is 220 Å². The molecule has 441 valence electrons. The topological polar surface area (TPSA) is 136 Å². The summed E-state index contributed by atoms with van der Waals surface area (Å²) in [5.41, 5.74) is 9.84. The van der Waals surface area contributed by atoms with Gasteiger partial charge in [-0.2, -0.15) is 9.78 Å². The fourth-order valence-corrected chi connectivity index (χ4v) is 9.88. The summed E-state index contributed by atoms with van der Waals surface area (Å²) in [6, 6.07) is 57.1. The molecule has 6 unspecified atom stereocenters. The van der Waals surface area contributed by atoms with Crippen molar-refractivity contribution in [3.63, 3.8) is 0 Å². The second kappa shape index (κ2) is 28.2. The Morgan fingerprint density at radius 2 is 0.800 bits per heavy atom. The predicted molar refractivity (Wildman–Crippen MR) is 322 cm³/mol. The summed E-state index contributed by atoms with van der Waals surface area (Å²) in [6.45, 7) is 19.8. The number of rotatable bonds is 26. The van der Waals surface area contributed by atoms with E-state index in [1.807, 2.05) is 109 Å². The van der Waals surface area contributed by atoms with E-state index in [-0.39, 0.29) is 54.8 Å². The molecule has 0 bridgehead atoms. The van der Waals surface area contributed by atoms with Crippen LogP contribution in [-0.2, 0) is 42.5 Å². The van der Waals surface area contributed by atoms with Crippen molar-refractivity contribution in [3.8, 4) is 63.2 Å². The molecule has 1 radical (unpaired) electrons. The van der Waals surface area contributed by atoms with Crippen LogP contribution in [0.25, 0.3) is 0 Å². The number of aryl methyl sites for hydroxylation is 2. The van der Waals surface area contributed by atoms with E-state index in [4.69, 9.17) is 61.9 Å². The molecule has 4 saturated heterocycles. The van der Waals surface area contributed by atoms with Crippen molar-refractivity contribution in [2.45, 2.75) is 96.7 Å². The Morgan fingerprint density at radius 1 is 0.388 bits per heavy atom. The molecule has 0 N–H and O–H groups in total. The number of ether oxygens (including phenoxy) is 11. The Hall–Kier alpha value is -7.46. The summed E-state index contributed by atoms with van der Waals surface area (Å²) in [4.78, 5) is 9.68. The molecular formula is C71H74O13V. The maximum atomic E-state index is 7.22. The van der Waals surface area contributed by atoms with E-state index in [0.29, 0.717) is 61.4 Å². The van der Waals surface area contributed by atoms with Gasteiger partial charge in [0.2, 0.25) is 0 Å². The maximum Gasteiger partial charge on any atom is 0.258 e. The summed E-state index contributed by atoms with van der Waals surface area (Å²) in [6.07, 6.45) is 0.328.